The highest BCUT2D eigenvalue weighted by Crippen LogP contribution is 2.47. The number of hydrogen-bond donors (Lipinski definition) is 0. The molecule has 0 aliphatic heterocycles. The van der Waals surface area contributed by atoms with Gasteiger partial charge in [0.1, 0.15) is 12.3 Å². The second-order valence-electron chi connectivity index (χ2n) is 8.84. The molecule has 6 unspecified atom stereocenters. The van der Waals surface area contributed by atoms with E-state index >= 15 is 0 Å². The van der Waals surface area contributed by atoms with Gasteiger partial charge in [0.25, 0.3) is 0 Å². The molecule has 6 atom stereocenters. The summed E-state index contributed by atoms with van der Waals surface area (Å²) in [7, 11) is 0. The van der Waals surface area contributed by atoms with Gasteiger partial charge in [-0.15, -0.1) is 0 Å². The lowest BCUT2D eigenvalue weighted by Crippen LogP contribution is -2.38. The van der Waals surface area contributed by atoms with Crippen molar-refractivity contribution in [1.29, 1.82) is 0 Å². The first-order chi connectivity index (χ1) is 10.5. The number of alkyl halides is 2. The predicted octanol–water partition coefficient (Wildman–Crippen LogP) is 6.34. The number of rotatable bonds is 2. The van der Waals surface area contributed by atoms with Gasteiger partial charge in [0.05, 0.1) is 0 Å². The van der Waals surface area contributed by atoms with Crippen LogP contribution in [0.2, 0.25) is 0 Å². The van der Waals surface area contributed by atoms with Gasteiger partial charge in [0.15, 0.2) is 0 Å². The molecule has 0 aromatic rings. The second kappa shape index (κ2) is 7.18. The minimum absolute atomic E-state index is 0.157. The molecule has 3 aliphatic carbocycles. The Morgan fingerprint density at radius 2 is 1.18 bits per heavy atom. The monoisotopic (exact) mass is 312 g/mol. The van der Waals surface area contributed by atoms with Crippen molar-refractivity contribution in [3.05, 3.63) is 0 Å². The minimum Gasteiger partial charge on any atom is -0.247 e. The van der Waals surface area contributed by atoms with Crippen molar-refractivity contribution < 1.29 is 8.78 Å². The lowest BCUT2D eigenvalue weighted by atomic mass is 9.64. The van der Waals surface area contributed by atoms with E-state index in [4.69, 9.17) is 0 Å². The molecule has 3 fully saturated rings. The van der Waals surface area contributed by atoms with E-state index in [2.05, 4.69) is 6.92 Å². The van der Waals surface area contributed by atoms with Crippen molar-refractivity contribution in [2.45, 2.75) is 90.4 Å². The first-order valence-electron chi connectivity index (χ1n) is 9.82. The van der Waals surface area contributed by atoms with Crippen LogP contribution in [0.3, 0.4) is 0 Å². The summed E-state index contributed by atoms with van der Waals surface area (Å²) in [6.45, 7) is 4.36. The van der Waals surface area contributed by atoms with Crippen molar-refractivity contribution in [3.8, 4) is 0 Å². The molecule has 0 aromatic heterocycles. The van der Waals surface area contributed by atoms with Gasteiger partial charge in [-0.25, -0.2) is 8.78 Å². The van der Waals surface area contributed by atoms with Crippen LogP contribution in [0.5, 0.6) is 0 Å². The summed E-state index contributed by atoms with van der Waals surface area (Å²) in [6, 6.07) is 0. The lowest BCUT2D eigenvalue weighted by molar-refractivity contribution is 0.0165. The van der Waals surface area contributed by atoms with Crippen LogP contribution in [0.1, 0.15) is 78.1 Å². The van der Waals surface area contributed by atoms with Gasteiger partial charge in [0, 0.05) is 0 Å². The highest BCUT2D eigenvalue weighted by atomic mass is 19.1. The molecule has 0 nitrogen and oxygen atoms in total. The van der Waals surface area contributed by atoms with E-state index in [1.807, 2.05) is 6.92 Å². The van der Waals surface area contributed by atoms with Crippen molar-refractivity contribution in [3.63, 3.8) is 0 Å². The van der Waals surface area contributed by atoms with E-state index in [1.54, 1.807) is 0 Å². The molecule has 0 saturated heterocycles. The molecule has 0 aromatic carbocycles. The summed E-state index contributed by atoms with van der Waals surface area (Å²) in [4.78, 5) is 0. The van der Waals surface area contributed by atoms with Crippen LogP contribution in [0.25, 0.3) is 0 Å². The third kappa shape index (κ3) is 3.67. The Labute approximate surface area is 135 Å². The van der Waals surface area contributed by atoms with Crippen molar-refractivity contribution in [2.75, 3.05) is 0 Å². The van der Waals surface area contributed by atoms with Crippen LogP contribution in [-0.4, -0.2) is 12.3 Å². The van der Waals surface area contributed by atoms with E-state index in [1.165, 1.54) is 32.1 Å². The Morgan fingerprint density at radius 3 is 1.82 bits per heavy atom. The largest absolute Gasteiger partial charge is 0.247 e. The highest BCUT2D eigenvalue weighted by molar-refractivity contribution is 4.91. The molecule has 0 bridgehead atoms. The predicted molar refractivity (Wildman–Crippen MR) is 88.3 cm³/mol. The van der Waals surface area contributed by atoms with Gasteiger partial charge in [0.2, 0.25) is 0 Å². The molecule has 0 N–H and O–H groups in total. The third-order valence-electron chi connectivity index (χ3n) is 7.33. The number of hydrogen-bond acceptors (Lipinski definition) is 0. The minimum atomic E-state index is -0.691. The Hall–Kier alpha value is -0.140. The zero-order chi connectivity index (χ0) is 15.7. The lowest BCUT2D eigenvalue weighted by Gasteiger charge is -2.43. The van der Waals surface area contributed by atoms with E-state index < -0.39 is 12.3 Å². The topological polar surface area (TPSA) is 0 Å². The molecule has 128 valence electrons. The average molecular weight is 312 g/mol. The van der Waals surface area contributed by atoms with Gasteiger partial charge in [-0.3, -0.25) is 0 Å². The Kier molecular flexibility index (Phi) is 5.45. The molecular weight excluding hydrogens is 278 g/mol. The zero-order valence-electron chi connectivity index (χ0n) is 14.4. The Morgan fingerprint density at radius 1 is 0.591 bits per heavy atom. The summed E-state index contributed by atoms with van der Waals surface area (Å²) in [5, 5.41) is 0. The summed E-state index contributed by atoms with van der Waals surface area (Å²) in [6.07, 6.45) is 9.58. The summed E-state index contributed by atoms with van der Waals surface area (Å²) in [5.74, 6) is 2.92. The fourth-order valence-electron chi connectivity index (χ4n) is 5.57. The second-order valence-corrected chi connectivity index (χ2v) is 8.84. The maximum absolute atomic E-state index is 14.8. The van der Waals surface area contributed by atoms with Gasteiger partial charge in [-0.05, 0) is 86.9 Å². The number of halogens is 2. The van der Waals surface area contributed by atoms with Crippen molar-refractivity contribution >= 4 is 0 Å². The molecule has 3 aliphatic rings. The molecule has 3 saturated carbocycles. The van der Waals surface area contributed by atoms with E-state index in [-0.39, 0.29) is 11.8 Å². The SMILES string of the molecule is CC1CCC(C2CCC(C3CCC(C)C(F)C3)C(F)C2)CC1. The van der Waals surface area contributed by atoms with E-state index in [0.717, 1.165) is 37.5 Å². The molecule has 0 spiro atoms. The highest BCUT2D eigenvalue weighted by Gasteiger charge is 2.41. The van der Waals surface area contributed by atoms with Gasteiger partial charge >= 0.3 is 0 Å². The molecule has 0 heterocycles. The van der Waals surface area contributed by atoms with Gasteiger partial charge in [-0.2, -0.15) is 0 Å². The molecule has 0 amide bonds. The van der Waals surface area contributed by atoms with Crippen molar-refractivity contribution in [2.24, 2.45) is 35.5 Å². The van der Waals surface area contributed by atoms with Crippen LogP contribution in [0, 0.1) is 35.5 Å². The standard InChI is InChI=1S/C20H34F2/c1-13-3-6-15(7-4-13)16-9-10-18(20(22)11-16)17-8-5-14(2)19(21)12-17/h13-20H,3-12H2,1-2H3. The van der Waals surface area contributed by atoms with Gasteiger partial charge in [-0.1, -0.05) is 26.7 Å². The zero-order valence-corrected chi connectivity index (χ0v) is 14.4. The Balaban J connectivity index is 1.52. The first kappa shape index (κ1) is 16.7. The van der Waals surface area contributed by atoms with Crippen LogP contribution in [-0.2, 0) is 0 Å². The maximum atomic E-state index is 14.8. The summed E-state index contributed by atoms with van der Waals surface area (Å²) >= 11 is 0. The first-order valence-corrected chi connectivity index (χ1v) is 9.82. The Bertz CT molecular complexity index is 348. The van der Waals surface area contributed by atoms with E-state index in [0.29, 0.717) is 18.3 Å². The van der Waals surface area contributed by atoms with Crippen LogP contribution < -0.4 is 0 Å². The third-order valence-corrected chi connectivity index (χ3v) is 7.33. The molecule has 0 radical (unpaired) electrons. The molecular formula is C20H34F2. The summed E-state index contributed by atoms with van der Waals surface area (Å²) in [5.41, 5.74) is 0. The summed E-state index contributed by atoms with van der Waals surface area (Å²) < 4.78 is 28.8. The van der Waals surface area contributed by atoms with Crippen LogP contribution >= 0.6 is 0 Å². The fourth-order valence-corrected chi connectivity index (χ4v) is 5.57. The fraction of sp³-hybridized carbons (Fsp3) is 1.00. The van der Waals surface area contributed by atoms with Crippen molar-refractivity contribution in [1.82, 2.24) is 0 Å². The molecule has 3 rings (SSSR count). The average Bonchev–Trinajstić information content (AvgIpc) is 2.51. The smallest absolute Gasteiger partial charge is 0.103 e. The van der Waals surface area contributed by atoms with Crippen LogP contribution in [0.4, 0.5) is 8.78 Å². The quantitative estimate of drug-likeness (QED) is 0.558. The maximum Gasteiger partial charge on any atom is 0.103 e. The van der Waals surface area contributed by atoms with E-state index in [9.17, 15) is 8.78 Å². The normalized spacial score (nSPS) is 50.7. The van der Waals surface area contributed by atoms with Crippen LogP contribution in [0.15, 0.2) is 0 Å². The molecule has 22 heavy (non-hydrogen) atoms. The molecule has 2 heteroatoms. The van der Waals surface area contributed by atoms with Gasteiger partial charge < -0.3 is 0 Å².